The Morgan fingerprint density at radius 2 is 0.667 bits per heavy atom. The van der Waals surface area contributed by atoms with E-state index in [1.54, 1.807) is 14.9 Å². The number of ether oxygens (including phenoxy) is 2. The van der Waals surface area contributed by atoms with E-state index in [0.717, 1.165) is 92.4 Å². The van der Waals surface area contributed by atoms with E-state index in [9.17, 15) is 10.1 Å². The van der Waals surface area contributed by atoms with Crippen LogP contribution in [0.4, 0.5) is 11.4 Å². The van der Waals surface area contributed by atoms with Crippen molar-refractivity contribution in [1.29, 1.82) is 0 Å². The second-order valence-corrected chi connectivity index (χ2v) is 29.1. The average molecular weight is 1300 g/mol. The number of unbranched alkanes of at least 4 members (excludes halogenated alkanes) is 32. The maximum Gasteiger partial charge on any atom is 0.313 e. The molecule has 0 bridgehead atoms. The molecule has 4 heterocycles. The van der Waals surface area contributed by atoms with Crippen LogP contribution >= 0.6 is 0 Å². The van der Waals surface area contributed by atoms with Crippen molar-refractivity contribution in [1.82, 2.24) is 18.8 Å². The monoisotopic (exact) mass is 1300 g/mol. The first-order chi connectivity index (χ1) is 47.1. The number of nitrogens with zero attached hydrogens (tertiary/aromatic N) is 5. The summed E-state index contributed by atoms with van der Waals surface area (Å²) in [4.78, 5) is 53.1. The fourth-order valence-electron chi connectivity index (χ4n) is 16.2. The van der Waals surface area contributed by atoms with E-state index in [-0.39, 0.29) is 33.4 Å². The van der Waals surface area contributed by atoms with Crippen LogP contribution in [0.25, 0.3) is 98.0 Å². The number of fused-ring (bicyclic) bond motifs is 10. The van der Waals surface area contributed by atoms with Crippen LogP contribution in [0.15, 0.2) is 82.4 Å². The number of nitrogens with two attached hydrogens (primary N) is 1. The molecule has 4 aromatic heterocycles. The van der Waals surface area contributed by atoms with Gasteiger partial charge in [-0.3, -0.25) is 28.5 Å². The lowest BCUT2D eigenvalue weighted by Gasteiger charge is -2.19. The molecule has 7 aromatic carbocycles. The Morgan fingerprint density at radius 1 is 0.385 bits per heavy atom. The predicted octanol–water partition coefficient (Wildman–Crippen LogP) is 24.4. The second kappa shape index (κ2) is 34.9. The van der Waals surface area contributed by atoms with E-state index in [1.807, 2.05) is 36.4 Å². The lowest BCUT2D eigenvalue weighted by molar-refractivity contribution is -0.385. The quantitative estimate of drug-likeness (QED) is 0.00979. The first-order valence-electron chi connectivity index (χ1n) is 38.7. The van der Waals surface area contributed by atoms with Crippen molar-refractivity contribution in [2.24, 2.45) is 11.8 Å². The number of hydrogen-bond donors (Lipinski definition) is 1. The van der Waals surface area contributed by atoms with Crippen molar-refractivity contribution < 1.29 is 14.4 Å². The predicted molar refractivity (Wildman–Crippen MR) is 407 cm³/mol. The molecule has 0 fully saturated rings. The van der Waals surface area contributed by atoms with Crippen LogP contribution in [0, 0.1) is 22.0 Å². The zero-order valence-electron chi connectivity index (χ0n) is 59.0. The van der Waals surface area contributed by atoms with Crippen molar-refractivity contribution in [2.45, 2.75) is 285 Å². The van der Waals surface area contributed by atoms with Gasteiger partial charge in [-0.15, -0.1) is 0 Å². The molecule has 0 aliphatic heterocycles. The molecule has 0 spiro atoms. The van der Waals surface area contributed by atoms with Gasteiger partial charge in [0.1, 0.15) is 17.0 Å². The minimum atomic E-state index is -0.385. The fraction of sp³-hybridized carbons (Fsp3) is 0.571. The minimum Gasteiger partial charge on any atom is -0.491 e. The molecule has 0 radical (unpaired) electrons. The molecule has 0 saturated heterocycles. The first kappa shape index (κ1) is 70.2. The highest BCUT2D eigenvalue weighted by molar-refractivity contribution is 6.40. The number of rotatable bonds is 47. The summed E-state index contributed by atoms with van der Waals surface area (Å²) >= 11 is 0. The highest BCUT2D eigenvalue weighted by Crippen LogP contribution is 2.47. The molecule has 11 aromatic rings. The lowest BCUT2D eigenvalue weighted by Crippen LogP contribution is -2.14. The summed E-state index contributed by atoms with van der Waals surface area (Å²) in [6.07, 6.45) is 50.9. The second-order valence-electron chi connectivity index (χ2n) is 29.1. The molecule has 96 heavy (non-hydrogen) atoms. The molecule has 0 amide bonds. The molecule has 2 N–H and O–H groups in total. The Hall–Kier alpha value is -7.08. The van der Waals surface area contributed by atoms with Gasteiger partial charge in [-0.2, -0.15) is 0 Å². The van der Waals surface area contributed by atoms with Crippen molar-refractivity contribution >= 4 is 109 Å². The third-order valence-electron chi connectivity index (χ3n) is 21.8. The number of hydrogen-bond acceptors (Lipinski definition) is 9. The number of benzene rings is 7. The van der Waals surface area contributed by atoms with Gasteiger partial charge in [-0.1, -0.05) is 283 Å². The van der Waals surface area contributed by atoms with Gasteiger partial charge in [-0.25, -0.2) is 9.97 Å². The molecule has 0 aliphatic carbocycles. The van der Waals surface area contributed by atoms with E-state index >= 15 is 9.59 Å². The third kappa shape index (κ3) is 16.2. The SMILES string of the molecule is CCCCCCCCCCCCC(CCCCCCCCCC)COc1cc2nc3c4ccc5c6ccc7c(=O)n8c9cc([N+](=O)[O-])c(OCC(CCCCCCCCCC)CCCCCCCCCCCC)cc9nc8c8ccc(c9ccc(c(=O)n3c2cc1N)c4c59)c6c78. The molecule has 514 valence electrons. The topological polar surface area (TPSA) is 156 Å². The number of aromatic nitrogens is 4. The fourth-order valence-corrected chi connectivity index (χ4v) is 16.2. The van der Waals surface area contributed by atoms with E-state index in [4.69, 9.17) is 25.2 Å². The summed E-state index contributed by atoms with van der Waals surface area (Å²) in [5.41, 5.74) is 10.00. The summed E-state index contributed by atoms with van der Waals surface area (Å²) in [6, 6.07) is 23.3. The van der Waals surface area contributed by atoms with E-state index in [2.05, 4.69) is 52.0 Å². The Balaban J connectivity index is 0.856. The molecule has 2 unspecified atom stereocenters. The van der Waals surface area contributed by atoms with Gasteiger partial charge in [0.05, 0.1) is 45.9 Å². The smallest absolute Gasteiger partial charge is 0.313 e. The zero-order valence-corrected chi connectivity index (χ0v) is 59.0. The molecule has 12 nitrogen and oxygen atoms in total. The van der Waals surface area contributed by atoms with Gasteiger partial charge < -0.3 is 15.2 Å². The van der Waals surface area contributed by atoms with Crippen LogP contribution in [-0.4, -0.2) is 36.9 Å². The van der Waals surface area contributed by atoms with Gasteiger partial charge in [0.15, 0.2) is 5.75 Å². The number of nitrogen functional groups attached to an aromatic ring is 1. The molecule has 0 aliphatic rings. The Kier molecular flexibility index (Phi) is 25.6. The highest BCUT2D eigenvalue weighted by Gasteiger charge is 2.27. The van der Waals surface area contributed by atoms with Gasteiger partial charge >= 0.3 is 5.69 Å². The normalized spacial score (nSPS) is 13.0. The Morgan fingerprint density at radius 3 is 1.01 bits per heavy atom. The molecule has 11 rings (SSSR count). The van der Waals surface area contributed by atoms with Gasteiger partial charge in [0.2, 0.25) is 0 Å². The molecular weight excluding hydrogens is 1190 g/mol. The number of imidazole rings is 2. The van der Waals surface area contributed by atoms with Gasteiger partial charge in [0.25, 0.3) is 11.1 Å². The van der Waals surface area contributed by atoms with Crippen molar-refractivity contribution in [3.8, 4) is 11.5 Å². The number of nitro groups is 1. The summed E-state index contributed by atoms with van der Waals surface area (Å²) < 4.78 is 16.5. The lowest BCUT2D eigenvalue weighted by atomic mass is 9.86. The van der Waals surface area contributed by atoms with Gasteiger partial charge in [0, 0.05) is 50.5 Å². The molecule has 2 atom stereocenters. The molecule has 12 heteroatoms. The standard InChI is InChI=1S/C84H112N6O6/c1-5-9-13-17-21-25-27-31-35-38-42-59(41-37-33-29-23-19-15-11-7-3)57-95-75-54-70-72(53-69(75)85)88-81(86-70)65-49-45-61-64-48-52-68-80-66(50-46-62(78(64)80)63-47-51-67(83(88)91)79(65)77(61)63)82-87-71-55-76(74(90(93)94)56-73(71)89(82)84(68)92)96-58-60(43-39-34-30-24-20-16-12-8-4)44-40-36-32-28-26-22-18-14-10-6-2/h45-56,59-60H,5-44,57-58,85H2,1-4H3. The largest absolute Gasteiger partial charge is 0.491 e. The van der Waals surface area contributed by atoms with Crippen molar-refractivity contribution in [3.05, 3.63) is 104 Å². The van der Waals surface area contributed by atoms with E-state index in [0.29, 0.717) is 74.7 Å². The molecule has 0 saturated carbocycles. The number of anilines is 1. The average Bonchev–Trinajstić information content (AvgIpc) is 1.70. The van der Waals surface area contributed by atoms with Crippen LogP contribution in [0.3, 0.4) is 0 Å². The summed E-state index contributed by atoms with van der Waals surface area (Å²) in [5, 5.41) is 23.2. The number of nitro benzene ring substituents is 1. The van der Waals surface area contributed by atoms with Crippen molar-refractivity contribution in [2.75, 3.05) is 18.9 Å². The molecular formula is C84H112N6O6. The van der Waals surface area contributed by atoms with Crippen LogP contribution in [0.2, 0.25) is 0 Å². The first-order valence-corrected chi connectivity index (χ1v) is 38.7. The number of pyridine rings is 2. The van der Waals surface area contributed by atoms with Gasteiger partial charge in [-0.05, 0) is 100 Å². The maximum atomic E-state index is 15.1. The Bertz CT molecular complexity index is 4400. The highest BCUT2D eigenvalue weighted by atomic mass is 16.6. The van der Waals surface area contributed by atoms with Crippen LogP contribution in [0.5, 0.6) is 11.5 Å². The minimum absolute atomic E-state index is 0.156. The summed E-state index contributed by atoms with van der Waals surface area (Å²) in [7, 11) is 0. The van der Waals surface area contributed by atoms with E-state index < -0.39 is 0 Å². The van der Waals surface area contributed by atoms with Crippen LogP contribution < -0.4 is 26.3 Å². The maximum absolute atomic E-state index is 15.1. The van der Waals surface area contributed by atoms with E-state index in [1.165, 1.54) is 224 Å². The Labute approximate surface area is 570 Å². The summed E-state index contributed by atoms with van der Waals surface area (Å²) in [5.74, 6) is 1.55. The van der Waals surface area contributed by atoms with Crippen LogP contribution in [-0.2, 0) is 0 Å². The third-order valence-corrected chi connectivity index (χ3v) is 21.8. The van der Waals surface area contributed by atoms with Crippen LogP contribution in [0.1, 0.15) is 285 Å². The summed E-state index contributed by atoms with van der Waals surface area (Å²) in [6.45, 7) is 10.1. The van der Waals surface area contributed by atoms with Crippen molar-refractivity contribution in [3.63, 3.8) is 0 Å². The zero-order chi connectivity index (χ0) is 66.8.